The molecule has 1 heterocycles. The highest BCUT2D eigenvalue weighted by Gasteiger charge is 2.17. The number of carbonyl (C=O) groups excluding carboxylic acids is 2. The summed E-state index contributed by atoms with van der Waals surface area (Å²) in [5.74, 6) is 0.0347. The Balaban J connectivity index is 2.22. The summed E-state index contributed by atoms with van der Waals surface area (Å²) >= 11 is 0. The van der Waals surface area contributed by atoms with Gasteiger partial charge in [-0.1, -0.05) is 0 Å². The van der Waals surface area contributed by atoms with E-state index in [9.17, 15) is 9.59 Å². The van der Waals surface area contributed by atoms with Crippen molar-refractivity contribution in [2.45, 2.75) is 19.3 Å². The van der Waals surface area contributed by atoms with Gasteiger partial charge in [-0.25, -0.2) is 4.79 Å². The van der Waals surface area contributed by atoms with Crippen molar-refractivity contribution >= 4 is 11.9 Å². The Morgan fingerprint density at radius 3 is 2.54 bits per heavy atom. The van der Waals surface area contributed by atoms with Crippen LogP contribution in [0, 0.1) is 5.92 Å². The van der Waals surface area contributed by atoms with E-state index in [2.05, 4.69) is 0 Å². The molecule has 0 aromatic rings. The van der Waals surface area contributed by atoms with Crippen LogP contribution in [-0.2, 0) is 9.53 Å². The summed E-state index contributed by atoms with van der Waals surface area (Å²) in [7, 11) is 0. The van der Waals surface area contributed by atoms with Gasteiger partial charge < -0.3 is 10.5 Å². The minimum absolute atomic E-state index is 0.292. The van der Waals surface area contributed by atoms with Crippen molar-refractivity contribution in [3.63, 3.8) is 0 Å². The smallest absolute Gasteiger partial charge is 0.318 e. The average Bonchev–Trinajstić information content (AvgIpc) is 2.04. The molecule has 1 aliphatic heterocycles. The second-order valence-corrected chi connectivity index (χ2v) is 3.17. The maximum atomic E-state index is 11.1. The molecule has 0 radical (unpaired) electrons. The van der Waals surface area contributed by atoms with Gasteiger partial charge in [-0.2, -0.15) is 0 Å². The molecule has 0 atom stereocenters. The molecule has 0 unspecified atom stereocenters. The molecular formula is C8H14N2O3. The monoisotopic (exact) mass is 186 g/mol. The van der Waals surface area contributed by atoms with Crippen LogP contribution in [0.2, 0.25) is 0 Å². The Hall–Kier alpha value is -1.10. The lowest BCUT2D eigenvalue weighted by Crippen LogP contribution is -2.36. The fourth-order valence-corrected chi connectivity index (χ4v) is 1.40. The molecule has 1 fully saturated rings. The number of amides is 3. The van der Waals surface area contributed by atoms with Gasteiger partial charge in [-0.15, -0.1) is 0 Å². The molecule has 0 aromatic carbocycles. The van der Waals surface area contributed by atoms with Crippen molar-refractivity contribution in [3.8, 4) is 0 Å². The molecule has 5 nitrogen and oxygen atoms in total. The number of hydrogen-bond acceptors (Lipinski definition) is 3. The van der Waals surface area contributed by atoms with Crippen LogP contribution in [0.15, 0.2) is 0 Å². The second kappa shape index (κ2) is 4.81. The van der Waals surface area contributed by atoms with Crippen LogP contribution in [0.25, 0.3) is 0 Å². The molecule has 5 heteroatoms. The number of nitrogens with one attached hydrogen (secondary N) is 1. The largest absolute Gasteiger partial charge is 0.381 e. The van der Waals surface area contributed by atoms with Gasteiger partial charge in [0.25, 0.3) is 0 Å². The molecular weight excluding hydrogens is 172 g/mol. The molecule has 3 N–H and O–H groups in total. The summed E-state index contributed by atoms with van der Waals surface area (Å²) < 4.78 is 5.14. The van der Waals surface area contributed by atoms with Crippen molar-refractivity contribution in [1.82, 2.24) is 5.32 Å². The molecule has 0 aromatic heterocycles. The van der Waals surface area contributed by atoms with Crippen molar-refractivity contribution in [3.05, 3.63) is 0 Å². The molecule has 0 aliphatic carbocycles. The van der Waals surface area contributed by atoms with E-state index in [4.69, 9.17) is 10.5 Å². The van der Waals surface area contributed by atoms with Gasteiger partial charge in [0.2, 0.25) is 5.91 Å². The van der Waals surface area contributed by atoms with E-state index in [1.165, 1.54) is 0 Å². The topological polar surface area (TPSA) is 81.4 Å². The van der Waals surface area contributed by atoms with Gasteiger partial charge in [0, 0.05) is 19.6 Å². The number of urea groups is 1. The zero-order chi connectivity index (χ0) is 9.68. The van der Waals surface area contributed by atoms with Crippen LogP contribution in [0.4, 0.5) is 4.79 Å². The number of nitrogens with two attached hydrogens (primary N) is 1. The van der Waals surface area contributed by atoms with Gasteiger partial charge in [-0.3, -0.25) is 10.1 Å². The maximum Gasteiger partial charge on any atom is 0.318 e. The summed E-state index contributed by atoms with van der Waals surface area (Å²) in [5, 5.41) is 2.05. The highest BCUT2D eigenvalue weighted by atomic mass is 16.5. The highest BCUT2D eigenvalue weighted by Crippen LogP contribution is 2.17. The van der Waals surface area contributed by atoms with E-state index in [1.54, 1.807) is 0 Å². The lowest BCUT2D eigenvalue weighted by molar-refractivity contribution is -0.121. The van der Waals surface area contributed by atoms with Gasteiger partial charge in [0.1, 0.15) is 0 Å². The summed E-state index contributed by atoms with van der Waals surface area (Å²) in [4.78, 5) is 21.4. The van der Waals surface area contributed by atoms with Crippen LogP contribution in [0.5, 0.6) is 0 Å². The van der Waals surface area contributed by atoms with Crippen LogP contribution in [0.3, 0.4) is 0 Å². The van der Waals surface area contributed by atoms with Crippen LogP contribution < -0.4 is 11.1 Å². The standard InChI is InChI=1S/C8H14N2O3/c9-8(12)10-7(11)5-6-1-3-13-4-2-6/h6H,1-5H2,(H3,9,10,11,12). The number of primary amides is 1. The Kier molecular flexibility index (Phi) is 3.70. The maximum absolute atomic E-state index is 11.1. The minimum Gasteiger partial charge on any atom is -0.381 e. The van der Waals surface area contributed by atoms with Crippen molar-refractivity contribution in [1.29, 1.82) is 0 Å². The van der Waals surface area contributed by atoms with Crippen molar-refractivity contribution < 1.29 is 14.3 Å². The number of hydrogen-bond donors (Lipinski definition) is 2. The predicted octanol–water partition coefficient (Wildman–Crippen LogP) is -0.00200. The molecule has 0 bridgehead atoms. The van der Waals surface area contributed by atoms with E-state index in [1.807, 2.05) is 5.32 Å². The van der Waals surface area contributed by atoms with Crippen LogP contribution >= 0.6 is 0 Å². The summed E-state index contributed by atoms with van der Waals surface area (Å²) in [6.07, 6.45) is 2.13. The molecule has 3 amide bonds. The summed E-state index contributed by atoms with van der Waals surface area (Å²) in [6.45, 7) is 1.41. The summed E-state index contributed by atoms with van der Waals surface area (Å²) in [6, 6.07) is -0.781. The third kappa shape index (κ3) is 3.89. The Labute approximate surface area is 76.6 Å². The van der Waals surface area contributed by atoms with E-state index in [0.717, 1.165) is 12.8 Å². The zero-order valence-corrected chi connectivity index (χ0v) is 7.41. The normalized spacial score (nSPS) is 18.2. The van der Waals surface area contributed by atoms with Crippen molar-refractivity contribution in [2.75, 3.05) is 13.2 Å². The lowest BCUT2D eigenvalue weighted by atomic mass is 9.96. The Morgan fingerprint density at radius 1 is 1.38 bits per heavy atom. The first-order chi connectivity index (χ1) is 6.18. The van der Waals surface area contributed by atoms with Gasteiger partial charge >= 0.3 is 6.03 Å². The number of imide groups is 1. The Morgan fingerprint density at radius 2 is 2.00 bits per heavy atom. The van der Waals surface area contributed by atoms with E-state index in [0.29, 0.717) is 25.6 Å². The number of carbonyl (C=O) groups is 2. The van der Waals surface area contributed by atoms with Crippen LogP contribution in [0.1, 0.15) is 19.3 Å². The number of rotatable bonds is 2. The fourth-order valence-electron chi connectivity index (χ4n) is 1.40. The van der Waals surface area contributed by atoms with Gasteiger partial charge in [0.05, 0.1) is 0 Å². The first-order valence-electron chi connectivity index (χ1n) is 4.35. The van der Waals surface area contributed by atoms with Crippen LogP contribution in [-0.4, -0.2) is 25.2 Å². The predicted molar refractivity (Wildman–Crippen MR) is 45.9 cm³/mol. The summed E-state index contributed by atoms with van der Waals surface area (Å²) in [5.41, 5.74) is 4.80. The molecule has 1 saturated heterocycles. The van der Waals surface area contributed by atoms with E-state index >= 15 is 0 Å². The SMILES string of the molecule is NC(=O)NC(=O)CC1CCOCC1. The second-order valence-electron chi connectivity index (χ2n) is 3.17. The minimum atomic E-state index is -0.781. The molecule has 13 heavy (non-hydrogen) atoms. The van der Waals surface area contributed by atoms with Gasteiger partial charge in [-0.05, 0) is 18.8 Å². The third-order valence-electron chi connectivity index (χ3n) is 2.08. The van der Waals surface area contributed by atoms with E-state index < -0.39 is 6.03 Å². The quantitative estimate of drug-likeness (QED) is 0.636. The fraction of sp³-hybridized carbons (Fsp3) is 0.750. The van der Waals surface area contributed by atoms with Crippen molar-refractivity contribution in [2.24, 2.45) is 11.7 Å². The molecule has 1 rings (SSSR count). The Bertz CT molecular complexity index is 200. The molecule has 1 aliphatic rings. The molecule has 0 saturated carbocycles. The lowest BCUT2D eigenvalue weighted by Gasteiger charge is -2.20. The van der Waals surface area contributed by atoms with Gasteiger partial charge in [0.15, 0.2) is 0 Å². The highest BCUT2D eigenvalue weighted by molar-refractivity contribution is 5.93. The third-order valence-corrected chi connectivity index (χ3v) is 2.08. The molecule has 0 spiro atoms. The average molecular weight is 186 g/mol. The van der Waals surface area contributed by atoms with E-state index in [-0.39, 0.29) is 5.91 Å². The first kappa shape index (κ1) is 9.98. The first-order valence-corrected chi connectivity index (χ1v) is 4.35. The zero-order valence-electron chi connectivity index (χ0n) is 7.41. The molecule has 74 valence electrons. The number of ether oxygens (including phenoxy) is 1.